The summed E-state index contributed by atoms with van der Waals surface area (Å²) >= 11 is 0. The number of nitro benzene ring substituents is 1. The molecule has 0 atom stereocenters. The normalized spacial score (nSPS) is 13.7. The van der Waals surface area contributed by atoms with E-state index in [2.05, 4.69) is 11.0 Å². The van der Waals surface area contributed by atoms with Gasteiger partial charge in [-0.25, -0.2) is 0 Å². The predicted octanol–water partition coefficient (Wildman–Crippen LogP) is 0.944. The molecule has 1 aromatic carbocycles. The van der Waals surface area contributed by atoms with Gasteiger partial charge in [-0.2, -0.15) is 5.17 Å². The Kier molecular flexibility index (Phi) is 1.76. The maximum atomic E-state index is 10.6. The van der Waals surface area contributed by atoms with Crippen LogP contribution in [0.2, 0.25) is 0 Å². The topological polar surface area (TPSA) is 90.7 Å². The van der Waals surface area contributed by atoms with E-state index in [1.54, 1.807) is 6.92 Å². The fourth-order valence-corrected chi connectivity index (χ4v) is 1.43. The third-order valence-electron chi connectivity index (χ3n) is 2.11. The van der Waals surface area contributed by atoms with Crippen LogP contribution in [0.1, 0.15) is 5.56 Å². The van der Waals surface area contributed by atoms with E-state index >= 15 is 0 Å². The number of hydrogen-bond acceptors (Lipinski definition) is 6. The van der Waals surface area contributed by atoms with Gasteiger partial charge in [0, 0.05) is 6.07 Å². The van der Waals surface area contributed by atoms with Crippen LogP contribution >= 0.6 is 0 Å². The Labute approximate surface area is 79.0 Å². The second-order valence-electron chi connectivity index (χ2n) is 2.91. The number of hydrogen-bond donors (Lipinski definition) is 3. The molecule has 0 aliphatic carbocycles. The monoisotopic (exact) mass is 196 g/mol. The molecule has 0 spiro atoms. The predicted molar refractivity (Wildman–Crippen MR) is 48.9 cm³/mol. The molecule has 14 heavy (non-hydrogen) atoms. The number of nitrogens with one attached hydrogen (secondary N) is 2. The van der Waals surface area contributed by atoms with Crippen molar-refractivity contribution in [2.75, 3.05) is 10.6 Å². The second kappa shape index (κ2) is 2.82. The summed E-state index contributed by atoms with van der Waals surface area (Å²) in [5.74, 6) is 0. The van der Waals surface area contributed by atoms with Gasteiger partial charge in [0.2, 0.25) is 0 Å². The van der Waals surface area contributed by atoms with E-state index in [-0.39, 0.29) is 5.69 Å². The van der Waals surface area contributed by atoms with Gasteiger partial charge < -0.3 is 0 Å². The molecule has 1 aliphatic rings. The first kappa shape index (κ1) is 8.73. The highest BCUT2D eigenvalue weighted by molar-refractivity contribution is 5.78. The zero-order chi connectivity index (χ0) is 10.3. The lowest BCUT2D eigenvalue weighted by Gasteiger charge is -2.09. The lowest BCUT2D eigenvalue weighted by Crippen LogP contribution is -2.32. The van der Waals surface area contributed by atoms with Gasteiger partial charge in [0.1, 0.15) is 5.69 Å². The lowest BCUT2D eigenvalue weighted by molar-refractivity contribution is -0.385. The molecule has 1 aromatic rings. The third-order valence-corrected chi connectivity index (χ3v) is 2.11. The van der Waals surface area contributed by atoms with Crippen molar-refractivity contribution in [1.82, 2.24) is 5.53 Å². The van der Waals surface area contributed by atoms with Gasteiger partial charge in [0.15, 0.2) is 0 Å². The molecule has 74 valence electrons. The molecule has 0 bridgehead atoms. The van der Waals surface area contributed by atoms with Crippen LogP contribution in [0.15, 0.2) is 12.1 Å². The molecule has 3 N–H and O–H groups in total. The molecule has 0 radical (unpaired) electrons. The molecule has 0 amide bonds. The Balaban J connectivity index is 2.61. The first-order chi connectivity index (χ1) is 6.61. The van der Waals surface area contributed by atoms with E-state index in [0.29, 0.717) is 16.9 Å². The Bertz CT molecular complexity index is 406. The van der Waals surface area contributed by atoms with E-state index in [1.807, 2.05) is 0 Å². The minimum absolute atomic E-state index is 0.0201. The van der Waals surface area contributed by atoms with E-state index in [1.165, 1.54) is 12.1 Å². The van der Waals surface area contributed by atoms with Crippen LogP contribution in [0.25, 0.3) is 0 Å². The number of fused-ring (bicyclic) bond motifs is 1. The summed E-state index contributed by atoms with van der Waals surface area (Å²) in [5, 5.41) is 20.6. The number of anilines is 2. The molecule has 7 nitrogen and oxygen atoms in total. The quantitative estimate of drug-likeness (QED) is 0.457. The van der Waals surface area contributed by atoms with Crippen LogP contribution in [-0.4, -0.2) is 10.1 Å². The Hall–Kier alpha value is -1.86. The highest BCUT2D eigenvalue weighted by Gasteiger charge is 2.25. The van der Waals surface area contributed by atoms with Crippen molar-refractivity contribution in [2.45, 2.75) is 6.92 Å². The molecule has 1 heterocycles. The molecule has 7 heteroatoms. The molecular weight excluding hydrogens is 188 g/mol. The van der Waals surface area contributed by atoms with Gasteiger partial charge in [-0.1, -0.05) is 0 Å². The van der Waals surface area contributed by atoms with Crippen LogP contribution in [0, 0.1) is 17.0 Å². The molecule has 1 aliphatic heterocycles. The van der Waals surface area contributed by atoms with Crippen molar-refractivity contribution >= 4 is 17.1 Å². The lowest BCUT2D eigenvalue weighted by atomic mass is 10.1. The van der Waals surface area contributed by atoms with E-state index in [9.17, 15) is 15.3 Å². The van der Waals surface area contributed by atoms with E-state index in [0.717, 1.165) is 5.17 Å². The molecule has 2 rings (SSSR count). The summed E-state index contributed by atoms with van der Waals surface area (Å²) in [4.78, 5) is 10.1. The number of nitrogens with zero attached hydrogens (tertiary/aromatic N) is 2. The first-order valence-electron chi connectivity index (χ1n) is 3.90. The third kappa shape index (κ3) is 1.07. The number of benzene rings is 1. The maximum Gasteiger partial charge on any atom is 0.274 e. The van der Waals surface area contributed by atoms with Crippen molar-refractivity contribution < 1.29 is 10.1 Å². The van der Waals surface area contributed by atoms with Gasteiger partial charge in [0.05, 0.1) is 16.2 Å². The zero-order valence-corrected chi connectivity index (χ0v) is 7.31. The number of rotatable bonds is 1. The summed E-state index contributed by atoms with van der Waals surface area (Å²) in [6.45, 7) is 1.58. The fourth-order valence-electron chi connectivity index (χ4n) is 1.43. The molecule has 0 aromatic heterocycles. The minimum Gasteiger partial charge on any atom is -0.300 e. The summed E-state index contributed by atoms with van der Waals surface area (Å²) in [7, 11) is 0. The summed E-state index contributed by atoms with van der Waals surface area (Å²) in [5.41, 5.74) is 6.44. The molecule has 0 saturated heterocycles. The highest BCUT2D eigenvalue weighted by atomic mass is 16.6. The van der Waals surface area contributed by atoms with Crippen LogP contribution in [0.4, 0.5) is 17.1 Å². The Morgan fingerprint density at radius 1 is 1.57 bits per heavy atom. The zero-order valence-electron chi connectivity index (χ0n) is 7.31. The SMILES string of the molecule is Cc1c([N+](=O)[O-])ccc2c1N(O)NN2. The summed E-state index contributed by atoms with van der Waals surface area (Å²) in [6.07, 6.45) is 0. The maximum absolute atomic E-state index is 10.6. The highest BCUT2D eigenvalue weighted by Crippen LogP contribution is 2.36. The van der Waals surface area contributed by atoms with E-state index < -0.39 is 4.92 Å². The number of nitro groups is 1. The van der Waals surface area contributed by atoms with Crippen molar-refractivity contribution in [3.8, 4) is 0 Å². The van der Waals surface area contributed by atoms with Crippen LogP contribution in [0.5, 0.6) is 0 Å². The molecular formula is C7H8N4O3. The smallest absolute Gasteiger partial charge is 0.274 e. The standard InChI is InChI=1S/C7H8N4O3/c1-4-6(11(13)14)3-2-5-7(4)10(12)9-8-5/h2-3,8-9,12H,1H3. The van der Waals surface area contributed by atoms with Crippen LogP contribution < -0.4 is 16.1 Å². The van der Waals surface area contributed by atoms with Crippen LogP contribution in [0.3, 0.4) is 0 Å². The fraction of sp³-hybridized carbons (Fsp3) is 0.143. The Morgan fingerprint density at radius 3 is 2.93 bits per heavy atom. The summed E-state index contributed by atoms with van der Waals surface area (Å²) < 4.78 is 0. The van der Waals surface area contributed by atoms with Crippen molar-refractivity contribution in [3.63, 3.8) is 0 Å². The minimum atomic E-state index is -0.484. The van der Waals surface area contributed by atoms with Gasteiger partial charge >= 0.3 is 0 Å². The molecule has 0 saturated carbocycles. The molecule has 0 unspecified atom stereocenters. The van der Waals surface area contributed by atoms with Gasteiger partial charge in [0.25, 0.3) is 5.69 Å². The van der Waals surface area contributed by atoms with Crippen molar-refractivity contribution in [3.05, 3.63) is 27.8 Å². The molecule has 0 fully saturated rings. The average Bonchev–Trinajstić information content (AvgIpc) is 2.48. The van der Waals surface area contributed by atoms with Crippen molar-refractivity contribution in [2.24, 2.45) is 0 Å². The number of hydrazine groups is 2. The van der Waals surface area contributed by atoms with Crippen LogP contribution in [-0.2, 0) is 0 Å². The second-order valence-corrected chi connectivity index (χ2v) is 2.91. The van der Waals surface area contributed by atoms with Crippen molar-refractivity contribution in [1.29, 1.82) is 0 Å². The van der Waals surface area contributed by atoms with Gasteiger partial charge in [-0.3, -0.25) is 20.7 Å². The van der Waals surface area contributed by atoms with Gasteiger partial charge in [-0.05, 0) is 13.0 Å². The Morgan fingerprint density at radius 2 is 2.29 bits per heavy atom. The van der Waals surface area contributed by atoms with E-state index in [4.69, 9.17) is 0 Å². The van der Waals surface area contributed by atoms with Gasteiger partial charge in [-0.15, -0.1) is 5.53 Å². The largest absolute Gasteiger partial charge is 0.300 e. The summed E-state index contributed by atoms with van der Waals surface area (Å²) in [6, 6.07) is 2.92. The first-order valence-corrected chi connectivity index (χ1v) is 3.90. The average molecular weight is 196 g/mol.